The van der Waals surface area contributed by atoms with E-state index in [1.165, 1.54) is 16.4 Å². The van der Waals surface area contributed by atoms with Gasteiger partial charge in [-0.2, -0.15) is 12.7 Å². The van der Waals surface area contributed by atoms with Gasteiger partial charge in [0.25, 0.3) is 5.69 Å². The molecule has 1 saturated heterocycles. The summed E-state index contributed by atoms with van der Waals surface area (Å²) < 4.78 is 29.0. The van der Waals surface area contributed by atoms with Crippen LogP contribution in [-0.2, 0) is 10.2 Å². The highest BCUT2D eigenvalue weighted by Crippen LogP contribution is 2.29. The maximum atomic E-state index is 12.7. The first-order valence-corrected chi connectivity index (χ1v) is 10.4. The third-order valence-electron chi connectivity index (χ3n) is 4.22. The van der Waals surface area contributed by atoms with Crippen LogP contribution >= 0.6 is 15.9 Å². The number of ketones is 1. The minimum Gasteiger partial charge on any atom is -0.289 e. The van der Waals surface area contributed by atoms with Gasteiger partial charge < -0.3 is 0 Å². The summed E-state index contributed by atoms with van der Waals surface area (Å²) in [5.41, 5.74) is -0.127. The van der Waals surface area contributed by atoms with E-state index in [2.05, 4.69) is 20.7 Å². The van der Waals surface area contributed by atoms with Crippen molar-refractivity contribution < 1.29 is 18.1 Å². The number of nitrogens with one attached hydrogen (secondary N) is 1. The zero-order valence-corrected chi connectivity index (χ0v) is 16.5. The number of carbonyl (C=O) groups excluding carboxylic acids is 1. The highest BCUT2D eigenvalue weighted by atomic mass is 79.9. The van der Waals surface area contributed by atoms with Gasteiger partial charge in [0, 0.05) is 34.8 Å². The van der Waals surface area contributed by atoms with E-state index in [-0.39, 0.29) is 17.0 Å². The van der Waals surface area contributed by atoms with Crippen molar-refractivity contribution in [1.29, 1.82) is 0 Å². The van der Waals surface area contributed by atoms with Crippen molar-refractivity contribution in [3.63, 3.8) is 0 Å². The number of halogens is 1. The van der Waals surface area contributed by atoms with Crippen LogP contribution in [0.4, 0.5) is 11.4 Å². The zero-order valence-electron chi connectivity index (χ0n) is 14.1. The first-order valence-electron chi connectivity index (χ1n) is 8.15. The second kappa shape index (κ2) is 7.75. The first-order chi connectivity index (χ1) is 12.8. The molecule has 8 nitrogen and oxygen atoms in total. The van der Waals surface area contributed by atoms with Crippen molar-refractivity contribution >= 4 is 43.3 Å². The van der Waals surface area contributed by atoms with Gasteiger partial charge in [0.15, 0.2) is 5.78 Å². The molecule has 0 radical (unpaired) electrons. The molecule has 0 saturated carbocycles. The topological polar surface area (TPSA) is 110 Å². The maximum absolute atomic E-state index is 12.7. The van der Waals surface area contributed by atoms with Crippen molar-refractivity contribution in [3.05, 3.63) is 68.2 Å². The molecule has 0 spiro atoms. The number of nitro benzene ring substituents is 1. The molecule has 0 aliphatic carbocycles. The fourth-order valence-electron chi connectivity index (χ4n) is 2.85. The number of carbonyl (C=O) groups is 1. The third-order valence-corrected chi connectivity index (χ3v) is 6.43. The number of rotatable bonds is 6. The Hall–Kier alpha value is -2.30. The summed E-state index contributed by atoms with van der Waals surface area (Å²) in [6.07, 6.45) is 1.48. The van der Waals surface area contributed by atoms with Crippen LogP contribution in [0.15, 0.2) is 46.9 Å². The summed E-state index contributed by atoms with van der Waals surface area (Å²) in [6, 6.07) is 10.4. The lowest BCUT2D eigenvalue weighted by molar-refractivity contribution is -0.383. The van der Waals surface area contributed by atoms with E-state index >= 15 is 0 Å². The molecule has 0 aromatic heterocycles. The summed E-state index contributed by atoms with van der Waals surface area (Å²) in [5.74, 6) is -0.376. The number of benzene rings is 2. The Kier molecular flexibility index (Phi) is 5.59. The van der Waals surface area contributed by atoms with Crippen LogP contribution in [0.2, 0.25) is 0 Å². The number of hydrogen-bond donors (Lipinski definition) is 1. The largest absolute Gasteiger partial charge is 0.301 e. The molecule has 0 amide bonds. The summed E-state index contributed by atoms with van der Waals surface area (Å²) in [4.78, 5) is 23.3. The fourth-order valence-corrected chi connectivity index (χ4v) is 4.63. The molecular weight excluding hydrogens is 438 g/mol. The molecular formula is C17H16BrN3O5S. The Balaban J connectivity index is 1.99. The molecule has 1 aliphatic rings. The minimum atomic E-state index is -3.93. The summed E-state index contributed by atoms with van der Waals surface area (Å²) in [6.45, 7) is 0.720. The predicted molar refractivity (Wildman–Crippen MR) is 104 cm³/mol. The van der Waals surface area contributed by atoms with Crippen LogP contribution in [0.3, 0.4) is 0 Å². The Morgan fingerprint density at radius 2 is 1.81 bits per heavy atom. The van der Waals surface area contributed by atoms with Crippen molar-refractivity contribution in [2.45, 2.75) is 12.8 Å². The van der Waals surface area contributed by atoms with Crippen molar-refractivity contribution in [2.75, 3.05) is 17.8 Å². The SMILES string of the molecule is O=C(c1ccc([N+](=O)[O-])c(NS(=O)(=O)N2CCCC2)c1)c1ccccc1Br. The van der Waals surface area contributed by atoms with E-state index in [1.807, 2.05) is 0 Å². The van der Waals surface area contributed by atoms with Crippen LogP contribution in [0.5, 0.6) is 0 Å². The highest BCUT2D eigenvalue weighted by Gasteiger charge is 2.28. The van der Waals surface area contributed by atoms with Crippen LogP contribution in [0, 0.1) is 10.1 Å². The molecule has 3 rings (SSSR count). The lowest BCUT2D eigenvalue weighted by Gasteiger charge is -2.17. The lowest BCUT2D eigenvalue weighted by atomic mass is 10.0. The summed E-state index contributed by atoms with van der Waals surface area (Å²) in [5, 5.41) is 11.3. The Labute approximate surface area is 164 Å². The van der Waals surface area contributed by atoms with Gasteiger partial charge in [-0.3, -0.25) is 19.6 Å². The van der Waals surface area contributed by atoms with Crippen molar-refractivity contribution in [2.24, 2.45) is 0 Å². The normalized spacial score (nSPS) is 14.9. The third kappa shape index (κ3) is 4.18. The molecule has 1 N–H and O–H groups in total. The van der Waals surface area contributed by atoms with Crippen molar-refractivity contribution in [3.8, 4) is 0 Å². The molecule has 10 heteroatoms. The molecule has 142 valence electrons. The number of anilines is 1. The average Bonchev–Trinajstić information content (AvgIpc) is 3.16. The van der Waals surface area contributed by atoms with E-state index in [0.29, 0.717) is 23.1 Å². The molecule has 1 aliphatic heterocycles. The van der Waals surface area contributed by atoms with E-state index < -0.39 is 20.8 Å². The van der Waals surface area contributed by atoms with Gasteiger partial charge in [0.2, 0.25) is 0 Å². The number of nitrogens with zero attached hydrogens (tertiary/aromatic N) is 2. The molecule has 1 fully saturated rings. The number of hydrogen-bond acceptors (Lipinski definition) is 5. The Morgan fingerprint density at radius 1 is 1.15 bits per heavy atom. The van der Waals surface area contributed by atoms with E-state index in [0.717, 1.165) is 18.9 Å². The molecule has 2 aromatic rings. The van der Waals surface area contributed by atoms with E-state index in [9.17, 15) is 23.3 Å². The van der Waals surface area contributed by atoms with E-state index in [4.69, 9.17) is 0 Å². The van der Waals surface area contributed by atoms with Gasteiger partial charge in [0.1, 0.15) is 5.69 Å². The van der Waals surface area contributed by atoms with Crippen LogP contribution in [0.1, 0.15) is 28.8 Å². The van der Waals surface area contributed by atoms with Gasteiger partial charge in [-0.15, -0.1) is 0 Å². The number of nitro groups is 1. The standard InChI is InChI=1S/C17H16BrN3O5S/c18-14-6-2-1-5-13(14)17(22)12-7-8-16(21(23)24)15(11-12)19-27(25,26)20-9-3-4-10-20/h1-2,5-8,11,19H,3-4,9-10H2. The average molecular weight is 454 g/mol. The quantitative estimate of drug-likeness (QED) is 0.409. The van der Waals surface area contributed by atoms with Crippen molar-refractivity contribution in [1.82, 2.24) is 4.31 Å². The van der Waals surface area contributed by atoms with Gasteiger partial charge in [0.05, 0.1) is 4.92 Å². The van der Waals surface area contributed by atoms with Gasteiger partial charge in [-0.05, 0) is 37.1 Å². The molecule has 2 aromatic carbocycles. The first kappa shape index (κ1) is 19.5. The zero-order chi connectivity index (χ0) is 19.6. The molecule has 0 atom stereocenters. The molecule has 1 heterocycles. The Bertz CT molecular complexity index is 1000. The molecule has 27 heavy (non-hydrogen) atoms. The van der Waals surface area contributed by atoms with Crippen LogP contribution in [0.25, 0.3) is 0 Å². The summed E-state index contributed by atoms with van der Waals surface area (Å²) in [7, 11) is -3.93. The fraction of sp³-hybridized carbons (Fsp3) is 0.235. The Morgan fingerprint density at radius 3 is 2.44 bits per heavy atom. The predicted octanol–water partition coefficient (Wildman–Crippen LogP) is 3.34. The molecule has 0 bridgehead atoms. The highest BCUT2D eigenvalue weighted by molar-refractivity contribution is 9.10. The second-order valence-corrected chi connectivity index (χ2v) is 8.54. The van der Waals surface area contributed by atoms with Gasteiger partial charge >= 0.3 is 10.2 Å². The summed E-state index contributed by atoms with van der Waals surface area (Å²) >= 11 is 3.30. The van der Waals surface area contributed by atoms with Crippen LogP contribution in [-0.4, -0.2) is 36.5 Å². The van der Waals surface area contributed by atoms with E-state index in [1.54, 1.807) is 24.3 Å². The van der Waals surface area contributed by atoms with Gasteiger partial charge in [-0.25, -0.2) is 0 Å². The monoisotopic (exact) mass is 453 g/mol. The smallest absolute Gasteiger partial charge is 0.289 e. The lowest BCUT2D eigenvalue weighted by Crippen LogP contribution is -2.33. The second-order valence-electron chi connectivity index (χ2n) is 6.01. The van der Waals surface area contributed by atoms with Gasteiger partial charge in [-0.1, -0.05) is 28.1 Å². The maximum Gasteiger partial charge on any atom is 0.301 e. The van der Waals surface area contributed by atoms with Crippen LogP contribution < -0.4 is 4.72 Å². The molecule has 0 unspecified atom stereocenters. The minimum absolute atomic E-state index is 0.145.